The van der Waals surface area contributed by atoms with Gasteiger partial charge in [-0.05, 0) is 0 Å². The second kappa shape index (κ2) is 2450. The first-order valence-electron chi connectivity index (χ1n) is 0. The molecule has 0 bridgehead atoms. The molecule has 0 aromatic heterocycles. The van der Waals surface area contributed by atoms with E-state index >= 15 is 0 Å². The van der Waals surface area contributed by atoms with Crippen LogP contribution in [0.5, 0.6) is 0 Å². The van der Waals surface area contributed by atoms with Crippen molar-refractivity contribution >= 4 is 17.6 Å². The van der Waals surface area contributed by atoms with E-state index in [1.54, 1.807) is 0 Å². The van der Waals surface area contributed by atoms with E-state index in [-0.39, 0.29) is 41.1 Å². The van der Waals surface area contributed by atoms with Crippen LogP contribution in [0.1, 0.15) is 0 Å². The molecule has 0 radical (unpaired) electrons. The molecule has 0 aromatic rings. The van der Waals surface area contributed by atoms with Crippen LogP contribution in [0.25, 0.3) is 0 Å². The number of hydrogen-bond acceptors (Lipinski definition) is 0. The average molecular weight is 177 g/mol. The van der Waals surface area contributed by atoms with Gasteiger partial charge >= 0.3 is 17.6 Å². The molecule has 0 aromatic carbocycles. The molecule has 0 rings (SSSR count). The van der Waals surface area contributed by atoms with Crippen LogP contribution in [0.15, 0.2) is 0 Å². The average Bonchev–Trinajstić information content (AvgIpc) is 0. The Morgan fingerprint density at radius 3 is 0.333 bits per heavy atom. The van der Waals surface area contributed by atoms with E-state index in [2.05, 4.69) is 0 Å². The molecular weight excluding hydrogens is 168 g/mol. The zero-order valence-corrected chi connectivity index (χ0v) is 2.04. The fourth-order valence-corrected chi connectivity index (χ4v) is 0. The van der Waals surface area contributed by atoms with E-state index in [0.717, 1.165) is 0 Å². The monoisotopic (exact) mass is 178 g/mol. The van der Waals surface area contributed by atoms with Gasteiger partial charge in [0.15, 0.2) is 0 Å². The molecule has 0 aliphatic rings. The summed E-state index contributed by atoms with van der Waals surface area (Å²) in [4.78, 5) is 0. The first-order chi connectivity index (χ1) is 0. The van der Waals surface area contributed by atoms with Crippen LogP contribution in [0.3, 0.4) is 0 Å². The second-order valence-electron chi connectivity index (χ2n) is 0. The fraction of sp³-hybridized carbons (Fsp3) is 0. The van der Waals surface area contributed by atoms with Crippen molar-refractivity contribution in [3.63, 3.8) is 0 Å². The Morgan fingerprint density at radius 2 is 0.333 bits per heavy atom. The van der Waals surface area contributed by atoms with Crippen LogP contribution < -0.4 is 0 Å². The molecule has 0 saturated carbocycles. The van der Waals surface area contributed by atoms with Crippen LogP contribution in [0, 0.1) is 0 Å². The predicted molar refractivity (Wildman–Crippen MR) is 23.8 cm³/mol. The summed E-state index contributed by atoms with van der Waals surface area (Å²) in [5, 5.41) is 0. The van der Waals surface area contributed by atoms with E-state index in [1.165, 1.54) is 0 Å². The third kappa shape index (κ3) is 1150. The van der Waals surface area contributed by atoms with Crippen molar-refractivity contribution < 1.29 is 23.5 Å². The third-order valence-corrected chi connectivity index (χ3v) is 0. The standard InChI is InChI=1S/5FH.GeH4/h5*1H;1H4. The molecule has 0 heterocycles. The molecule has 0 aliphatic heterocycles. The summed E-state index contributed by atoms with van der Waals surface area (Å²) in [6, 6.07) is 0. The number of rotatable bonds is 0. The first kappa shape index (κ1) is 4490. The van der Waals surface area contributed by atoms with Crippen molar-refractivity contribution in [2.75, 3.05) is 0 Å². The van der Waals surface area contributed by atoms with Crippen LogP contribution >= 0.6 is 0 Å². The SMILES string of the molecule is F.F.F.F.F.[GeH4]. The van der Waals surface area contributed by atoms with Crippen LogP contribution in [-0.2, 0) is 0 Å². The third-order valence-electron chi connectivity index (χ3n) is 0. The molecule has 6 heteroatoms. The molecule has 0 nitrogen and oxygen atoms in total. The number of hydrogen-bond donors (Lipinski definition) is 0. The first-order valence-corrected chi connectivity index (χ1v) is 0. The van der Waals surface area contributed by atoms with Gasteiger partial charge in [0, 0.05) is 0 Å². The molecule has 0 N–H and O–H groups in total. The van der Waals surface area contributed by atoms with Crippen molar-refractivity contribution in [3.05, 3.63) is 0 Å². The molecule has 0 amide bonds. The van der Waals surface area contributed by atoms with Crippen molar-refractivity contribution in [2.24, 2.45) is 0 Å². The zero-order chi connectivity index (χ0) is 0. The van der Waals surface area contributed by atoms with Gasteiger partial charge in [0.05, 0.1) is 0 Å². The van der Waals surface area contributed by atoms with Crippen LogP contribution in [0.2, 0.25) is 0 Å². The van der Waals surface area contributed by atoms with Crippen molar-refractivity contribution in [1.82, 2.24) is 0 Å². The van der Waals surface area contributed by atoms with Crippen molar-refractivity contribution in [2.45, 2.75) is 0 Å². The van der Waals surface area contributed by atoms with E-state index in [1.807, 2.05) is 0 Å². The maximum absolute atomic E-state index is 0. The molecule has 6 heavy (non-hydrogen) atoms. The summed E-state index contributed by atoms with van der Waals surface area (Å²) in [7, 11) is 0. The Labute approximate surface area is 42.1 Å². The van der Waals surface area contributed by atoms with Gasteiger partial charge in [0.25, 0.3) is 0 Å². The summed E-state index contributed by atoms with van der Waals surface area (Å²) in [5.41, 5.74) is 0. The molecule has 0 spiro atoms. The Hall–Kier alpha value is 0.193. The molecule has 0 saturated heterocycles. The Bertz CT molecular complexity index is 3.90. The normalized spacial score (nSPS) is 0. The molecule has 0 fully saturated rings. The molecule has 48 valence electrons. The van der Waals surface area contributed by atoms with Crippen LogP contribution in [0.4, 0.5) is 23.5 Å². The van der Waals surface area contributed by atoms with Crippen molar-refractivity contribution in [3.8, 4) is 0 Å². The van der Waals surface area contributed by atoms with Gasteiger partial charge in [-0.1, -0.05) is 0 Å². The van der Waals surface area contributed by atoms with Gasteiger partial charge in [-0.15, -0.1) is 0 Å². The van der Waals surface area contributed by atoms with E-state index in [4.69, 9.17) is 0 Å². The van der Waals surface area contributed by atoms with E-state index in [9.17, 15) is 0 Å². The minimum atomic E-state index is 0. The quantitative estimate of drug-likeness (QED) is 0.339. The van der Waals surface area contributed by atoms with Gasteiger partial charge < -0.3 is 0 Å². The number of halogens is 5. The summed E-state index contributed by atoms with van der Waals surface area (Å²) in [6.07, 6.45) is 0. The topological polar surface area (TPSA) is 0 Å². The van der Waals surface area contributed by atoms with Gasteiger partial charge in [-0.3, -0.25) is 23.5 Å². The molecular formula is H9F5Ge. The van der Waals surface area contributed by atoms with Gasteiger partial charge in [0.1, 0.15) is 0 Å². The van der Waals surface area contributed by atoms with Gasteiger partial charge in [-0.2, -0.15) is 0 Å². The Morgan fingerprint density at radius 1 is 0.333 bits per heavy atom. The maximum atomic E-state index is 0. The molecule has 0 unspecified atom stereocenters. The minimum absolute atomic E-state index is 0. The Kier molecular flexibility index (Phi) is 1840000. The van der Waals surface area contributed by atoms with E-state index in [0.29, 0.717) is 0 Å². The zero-order valence-electron chi connectivity index (χ0n) is 2.04. The second-order valence-corrected chi connectivity index (χ2v) is 0. The van der Waals surface area contributed by atoms with Crippen molar-refractivity contribution in [1.29, 1.82) is 0 Å². The molecule has 0 aliphatic carbocycles. The summed E-state index contributed by atoms with van der Waals surface area (Å²) < 4.78 is 0. The summed E-state index contributed by atoms with van der Waals surface area (Å²) in [5.74, 6) is 0. The van der Waals surface area contributed by atoms with Gasteiger partial charge in [-0.25, -0.2) is 0 Å². The predicted octanol–water partition coefficient (Wildman–Crippen LogP) is -0.689. The fourth-order valence-electron chi connectivity index (χ4n) is 0. The summed E-state index contributed by atoms with van der Waals surface area (Å²) >= 11 is 0. The van der Waals surface area contributed by atoms with Gasteiger partial charge in [0.2, 0.25) is 0 Å². The van der Waals surface area contributed by atoms with Crippen LogP contribution in [-0.4, -0.2) is 17.6 Å². The Balaban J connectivity index is 0. The van der Waals surface area contributed by atoms with E-state index < -0.39 is 0 Å². The summed E-state index contributed by atoms with van der Waals surface area (Å²) in [6.45, 7) is 0. The molecule has 0 atom stereocenters.